The number of thiophene rings is 1. The Morgan fingerprint density at radius 1 is 1.53 bits per heavy atom. The van der Waals surface area contributed by atoms with E-state index in [0.29, 0.717) is 25.2 Å². The van der Waals surface area contributed by atoms with Gasteiger partial charge in [0.1, 0.15) is 0 Å². The molecule has 0 amide bonds. The molecule has 0 saturated carbocycles. The van der Waals surface area contributed by atoms with Gasteiger partial charge in [-0.3, -0.25) is 0 Å². The van der Waals surface area contributed by atoms with Gasteiger partial charge in [-0.25, -0.2) is 4.79 Å². The lowest BCUT2D eigenvalue weighted by Gasteiger charge is -2.03. The second kappa shape index (κ2) is 8.03. The van der Waals surface area contributed by atoms with Crippen LogP contribution in [0.25, 0.3) is 0 Å². The van der Waals surface area contributed by atoms with Crippen molar-refractivity contribution >= 4 is 17.3 Å². The third-order valence-electron chi connectivity index (χ3n) is 2.35. The Morgan fingerprint density at radius 2 is 2.35 bits per heavy atom. The zero-order valence-corrected chi connectivity index (χ0v) is 11.1. The lowest BCUT2D eigenvalue weighted by molar-refractivity contribution is -0.136. The molecule has 0 bridgehead atoms. The van der Waals surface area contributed by atoms with E-state index in [-0.39, 0.29) is 5.97 Å². The first-order chi connectivity index (χ1) is 8.27. The van der Waals surface area contributed by atoms with Crippen LogP contribution in [0.4, 0.5) is 0 Å². The van der Waals surface area contributed by atoms with Crippen LogP contribution < -0.4 is 0 Å². The fourth-order valence-corrected chi connectivity index (χ4v) is 2.06. The van der Waals surface area contributed by atoms with E-state index >= 15 is 0 Å². The molecule has 0 aliphatic carbocycles. The van der Waals surface area contributed by atoms with Crippen molar-refractivity contribution in [2.75, 3.05) is 20.3 Å². The van der Waals surface area contributed by atoms with Gasteiger partial charge in [0.25, 0.3) is 0 Å². The molecule has 1 heterocycles. The van der Waals surface area contributed by atoms with Crippen molar-refractivity contribution in [1.29, 1.82) is 0 Å². The molecule has 94 valence electrons. The molecule has 3 nitrogen and oxygen atoms in total. The molecular formula is C13H18O3S. The van der Waals surface area contributed by atoms with Crippen LogP contribution >= 0.6 is 11.3 Å². The van der Waals surface area contributed by atoms with Gasteiger partial charge in [0.2, 0.25) is 0 Å². The highest BCUT2D eigenvalue weighted by atomic mass is 32.1. The van der Waals surface area contributed by atoms with Gasteiger partial charge in [-0.05, 0) is 23.9 Å². The number of esters is 1. The Balaban J connectivity index is 2.21. The number of methoxy groups -OCH3 is 1. The lowest BCUT2D eigenvalue weighted by atomic mass is 10.2. The molecule has 1 aromatic heterocycles. The maximum absolute atomic E-state index is 11.2. The standard InChI is InChI=1S/C13H18O3S/c1-3-11(13(14)15-2)6-8-16-9-7-12-5-4-10-17-12/h4-6,10H,3,7-9H2,1-2H3. The smallest absolute Gasteiger partial charge is 0.333 e. The number of carbonyl (C=O) groups excluding carboxylic acids is 1. The number of carbonyl (C=O) groups is 1. The molecule has 0 N–H and O–H groups in total. The van der Waals surface area contributed by atoms with Crippen LogP contribution in [0.1, 0.15) is 18.2 Å². The monoisotopic (exact) mass is 254 g/mol. The van der Waals surface area contributed by atoms with Gasteiger partial charge in [-0.15, -0.1) is 11.3 Å². The summed E-state index contributed by atoms with van der Waals surface area (Å²) in [6, 6.07) is 4.13. The summed E-state index contributed by atoms with van der Waals surface area (Å²) in [6.45, 7) is 3.06. The number of hydrogen-bond acceptors (Lipinski definition) is 4. The maximum atomic E-state index is 11.2. The summed E-state index contributed by atoms with van der Waals surface area (Å²) in [5.74, 6) is -0.269. The first-order valence-corrected chi connectivity index (χ1v) is 6.53. The summed E-state index contributed by atoms with van der Waals surface area (Å²) in [5, 5.41) is 2.06. The molecule has 17 heavy (non-hydrogen) atoms. The SMILES string of the molecule is CCC(=CCOCCc1cccs1)C(=O)OC. The minimum atomic E-state index is -0.269. The average Bonchev–Trinajstić information content (AvgIpc) is 2.86. The topological polar surface area (TPSA) is 35.5 Å². The molecule has 0 saturated heterocycles. The largest absolute Gasteiger partial charge is 0.466 e. The van der Waals surface area contributed by atoms with E-state index in [1.165, 1.54) is 12.0 Å². The highest BCUT2D eigenvalue weighted by Gasteiger charge is 2.05. The fourth-order valence-electron chi connectivity index (χ4n) is 1.37. The minimum Gasteiger partial charge on any atom is -0.466 e. The summed E-state index contributed by atoms with van der Waals surface area (Å²) in [4.78, 5) is 12.6. The maximum Gasteiger partial charge on any atom is 0.333 e. The molecule has 0 unspecified atom stereocenters. The second-order valence-electron chi connectivity index (χ2n) is 3.48. The van der Waals surface area contributed by atoms with Gasteiger partial charge in [-0.2, -0.15) is 0 Å². The molecule has 0 aromatic carbocycles. The van der Waals surface area contributed by atoms with E-state index in [0.717, 1.165) is 6.42 Å². The van der Waals surface area contributed by atoms with Gasteiger partial charge >= 0.3 is 5.97 Å². The molecule has 0 aliphatic heterocycles. The Bertz CT molecular complexity index is 355. The average molecular weight is 254 g/mol. The van der Waals surface area contributed by atoms with Crippen molar-refractivity contribution in [3.05, 3.63) is 34.0 Å². The highest BCUT2D eigenvalue weighted by molar-refractivity contribution is 7.09. The molecule has 1 aromatic rings. The lowest BCUT2D eigenvalue weighted by Crippen LogP contribution is -2.06. The van der Waals surface area contributed by atoms with E-state index in [1.54, 1.807) is 17.4 Å². The van der Waals surface area contributed by atoms with Crippen molar-refractivity contribution in [1.82, 2.24) is 0 Å². The quantitative estimate of drug-likeness (QED) is 0.426. The molecule has 0 aliphatic rings. The van der Waals surface area contributed by atoms with Crippen molar-refractivity contribution < 1.29 is 14.3 Å². The fraction of sp³-hybridized carbons (Fsp3) is 0.462. The van der Waals surface area contributed by atoms with Crippen LogP contribution in [0.2, 0.25) is 0 Å². The van der Waals surface area contributed by atoms with Crippen LogP contribution in [0.5, 0.6) is 0 Å². The Hall–Kier alpha value is -1.13. The molecule has 0 fully saturated rings. The second-order valence-corrected chi connectivity index (χ2v) is 4.51. The van der Waals surface area contributed by atoms with Crippen LogP contribution in [0.15, 0.2) is 29.2 Å². The number of hydrogen-bond donors (Lipinski definition) is 0. The van der Waals surface area contributed by atoms with Crippen LogP contribution in [0.3, 0.4) is 0 Å². The van der Waals surface area contributed by atoms with E-state index in [2.05, 4.69) is 16.2 Å². The first kappa shape index (κ1) is 13.9. The van der Waals surface area contributed by atoms with Gasteiger partial charge < -0.3 is 9.47 Å². The normalized spacial score (nSPS) is 11.5. The predicted molar refractivity (Wildman–Crippen MR) is 69.2 cm³/mol. The first-order valence-electron chi connectivity index (χ1n) is 5.65. The number of ether oxygens (including phenoxy) is 2. The van der Waals surface area contributed by atoms with Gasteiger partial charge in [0, 0.05) is 16.9 Å². The third kappa shape index (κ3) is 5.15. The van der Waals surface area contributed by atoms with E-state index in [9.17, 15) is 4.79 Å². The predicted octanol–water partition coefficient (Wildman–Crippen LogP) is 2.82. The summed E-state index contributed by atoms with van der Waals surface area (Å²) >= 11 is 1.73. The summed E-state index contributed by atoms with van der Waals surface area (Å²) in [7, 11) is 1.39. The number of rotatable bonds is 7. The van der Waals surface area contributed by atoms with Crippen molar-refractivity contribution in [2.45, 2.75) is 19.8 Å². The summed E-state index contributed by atoms with van der Waals surface area (Å²) in [5.41, 5.74) is 0.670. The molecule has 4 heteroatoms. The minimum absolute atomic E-state index is 0.269. The summed E-state index contributed by atoms with van der Waals surface area (Å²) in [6.07, 6.45) is 3.38. The molecule has 0 atom stereocenters. The zero-order valence-electron chi connectivity index (χ0n) is 10.3. The van der Waals surface area contributed by atoms with E-state index in [1.807, 2.05) is 13.0 Å². The van der Waals surface area contributed by atoms with Crippen LogP contribution in [-0.4, -0.2) is 26.3 Å². The molecule has 0 spiro atoms. The van der Waals surface area contributed by atoms with Crippen molar-refractivity contribution in [3.63, 3.8) is 0 Å². The Labute approximate surface area is 106 Å². The Kier molecular flexibility index (Phi) is 6.58. The van der Waals surface area contributed by atoms with Crippen LogP contribution in [0, 0.1) is 0 Å². The van der Waals surface area contributed by atoms with E-state index in [4.69, 9.17) is 4.74 Å². The zero-order chi connectivity index (χ0) is 12.5. The van der Waals surface area contributed by atoms with E-state index < -0.39 is 0 Å². The van der Waals surface area contributed by atoms with Gasteiger partial charge in [0.15, 0.2) is 0 Å². The third-order valence-corrected chi connectivity index (χ3v) is 3.29. The van der Waals surface area contributed by atoms with Crippen molar-refractivity contribution in [2.24, 2.45) is 0 Å². The molecule has 1 rings (SSSR count). The van der Waals surface area contributed by atoms with Crippen molar-refractivity contribution in [3.8, 4) is 0 Å². The molecule has 0 radical (unpaired) electrons. The van der Waals surface area contributed by atoms with Gasteiger partial charge in [0.05, 0.1) is 20.3 Å². The van der Waals surface area contributed by atoms with Crippen LogP contribution in [-0.2, 0) is 20.7 Å². The molecular weight excluding hydrogens is 236 g/mol. The Morgan fingerprint density at radius 3 is 2.94 bits per heavy atom. The highest BCUT2D eigenvalue weighted by Crippen LogP contribution is 2.09. The van der Waals surface area contributed by atoms with Gasteiger partial charge in [-0.1, -0.05) is 13.0 Å². The summed E-state index contributed by atoms with van der Waals surface area (Å²) < 4.78 is 10.1.